The Morgan fingerprint density at radius 1 is 1.42 bits per heavy atom. The van der Waals surface area contributed by atoms with Gasteiger partial charge in [0.1, 0.15) is 0 Å². The van der Waals surface area contributed by atoms with Crippen LogP contribution in [0.25, 0.3) is 0 Å². The lowest BCUT2D eigenvalue weighted by Gasteiger charge is -2.08. The summed E-state index contributed by atoms with van der Waals surface area (Å²) in [4.78, 5) is 0. The zero-order chi connectivity index (χ0) is 10.4. The number of rotatable bonds is 1. The second-order valence-electron chi connectivity index (χ2n) is 1.75. The van der Waals surface area contributed by atoms with Gasteiger partial charge in [-0.2, -0.15) is 13.2 Å². The smallest absolute Gasteiger partial charge is 0.485 e. The van der Waals surface area contributed by atoms with Gasteiger partial charge in [0.15, 0.2) is 10.1 Å². The Morgan fingerprint density at radius 2 is 1.58 bits per heavy atom. The second-order valence-corrected chi connectivity index (χ2v) is 3.12. The lowest BCUT2D eigenvalue weighted by molar-refractivity contribution is -0.367. The van der Waals surface area contributed by atoms with Crippen LogP contribution in [0.15, 0.2) is 0 Å². The van der Waals surface area contributed by atoms with Gasteiger partial charge in [0.2, 0.25) is 0 Å². The third-order valence-corrected chi connectivity index (χ3v) is 1.20. The van der Waals surface area contributed by atoms with Crippen molar-refractivity contribution in [2.45, 2.75) is 18.9 Å². The van der Waals surface area contributed by atoms with Gasteiger partial charge in [0.05, 0.1) is 6.54 Å². The Morgan fingerprint density at radius 3 is 1.58 bits per heavy atom. The van der Waals surface area contributed by atoms with Crippen molar-refractivity contribution in [3.05, 3.63) is 0 Å². The van der Waals surface area contributed by atoms with Gasteiger partial charge >= 0.3 is 5.51 Å². The molecular weight excluding hydrogens is 199 g/mol. The topological polar surface area (TPSA) is 84.8 Å². The molecule has 0 unspecified atom stereocenters. The summed E-state index contributed by atoms with van der Waals surface area (Å²) >= 11 is 0. The Bertz CT molecular complexity index is 196. The summed E-state index contributed by atoms with van der Waals surface area (Å²) < 4.78 is 58.9. The van der Waals surface area contributed by atoms with Crippen LogP contribution in [-0.2, 0) is 10.1 Å². The molecule has 0 bridgehead atoms. The summed E-state index contributed by atoms with van der Waals surface area (Å²) in [6.45, 7) is 3.19. The lowest BCUT2D eigenvalue weighted by atomic mass is 10.5. The summed E-state index contributed by atoms with van der Waals surface area (Å²) in [6, 6.07) is 0. The molecule has 4 nitrogen and oxygen atoms in total. The number of hydrogen-bond acceptors (Lipinski definition) is 3. The maximum Gasteiger partial charge on any atom is 0.485 e. The third-order valence-electron chi connectivity index (χ3n) is 0.637. The van der Waals surface area contributed by atoms with Gasteiger partial charge in [0, 0.05) is 0 Å². The van der Waals surface area contributed by atoms with Crippen LogP contribution in [0, 0.1) is 0 Å². The summed E-state index contributed by atoms with van der Waals surface area (Å²) in [6.07, 6.45) is 1.21. The maximum atomic E-state index is 10.7. The Labute approximate surface area is 68.3 Å². The van der Waals surface area contributed by atoms with Crippen LogP contribution in [0.2, 0.25) is 0 Å². The molecule has 0 atom stereocenters. The summed E-state index contributed by atoms with van der Waals surface area (Å²) in [5.74, 6) is 0. The van der Waals surface area contributed by atoms with Gasteiger partial charge in [-0.05, 0) is 6.42 Å². The molecule has 0 aromatic carbocycles. The molecule has 0 saturated carbocycles. The first kappa shape index (κ1) is 14.2. The Hall–Kier alpha value is -0.340. The molecule has 76 valence electrons. The molecule has 0 spiro atoms. The quantitative estimate of drug-likeness (QED) is 0.474. The van der Waals surface area contributed by atoms with Crippen LogP contribution in [0.1, 0.15) is 13.3 Å². The monoisotopic (exact) mass is 209 g/mol. The maximum absolute atomic E-state index is 10.7. The minimum Gasteiger partial charge on any atom is -0.741 e. The van der Waals surface area contributed by atoms with E-state index in [1.54, 1.807) is 0 Å². The van der Waals surface area contributed by atoms with Crippen LogP contribution in [0.4, 0.5) is 13.2 Å². The zero-order valence-electron chi connectivity index (χ0n) is 6.39. The fourth-order valence-electron chi connectivity index (χ4n) is 0. The van der Waals surface area contributed by atoms with E-state index in [9.17, 15) is 13.2 Å². The first-order valence-corrected chi connectivity index (χ1v) is 4.39. The summed E-state index contributed by atoms with van der Waals surface area (Å²) in [5.41, 5.74) is -2.04. The van der Waals surface area contributed by atoms with E-state index in [0.717, 1.165) is 6.54 Å². The molecular formula is C4H10F3NO3S. The molecule has 12 heavy (non-hydrogen) atoms. The zero-order valence-corrected chi connectivity index (χ0v) is 7.20. The van der Waals surface area contributed by atoms with E-state index in [1.165, 1.54) is 6.42 Å². The second kappa shape index (κ2) is 5.33. The molecule has 0 amide bonds. The van der Waals surface area contributed by atoms with Crippen molar-refractivity contribution in [1.82, 2.24) is 0 Å². The first-order valence-electron chi connectivity index (χ1n) is 2.98. The van der Waals surface area contributed by atoms with Crippen LogP contribution < -0.4 is 5.73 Å². The molecule has 0 rings (SSSR count). The van der Waals surface area contributed by atoms with Gasteiger partial charge < -0.3 is 10.3 Å². The molecule has 3 N–H and O–H groups in total. The number of alkyl halides is 3. The van der Waals surface area contributed by atoms with Gasteiger partial charge in [-0.1, -0.05) is 6.92 Å². The predicted octanol–water partition coefficient (Wildman–Crippen LogP) is -0.310. The van der Waals surface area contributed by atoms with Crippen molar-refractivity contribution in [2.24, 2.45) is 0 Å². The molecule has 0 aliphatic heterocycles. The highest BCUT2D eigenvalue weighted by atomic mass is 32.2. The molecule has 0 aromatic heterocycles. The van der Waals surface area contributed by atoms with Crippen molar-refractivity contribution in [3.63, 3.8) is 0 Å². The van der Waals surface area contributed by atoms with E-state index in [1.807, 2.05) is 0 Å². The van der Waals surface area contributed by atoms with Gasteiger partial charge in [-0.25, -0.2) is 8.42 Å². The highest BCUT2D eigenvalue weighted by Gasteiger charge is 2.36. The Balaban J connectivity index is 0. The highest BCUT2D eigenvalue weighted by molar-refractivity contribution is 7.86. The molecule has 0 saturated heterocycles. The van der Waals surface area contributed by atoms with Crippen molar-refractivity contribution in [2.75, 3.05) is 6.54 Å². The van der Waals surface area contributed by atoms with Crippen LogP contribution >= 0.6 is 0 Å². The van der Waals surface area contributed by atoms with Crippen molar-refractivity contribution >= 4 is 10.1 Å². The van der Waals surface area contributed by atoms with Crippen LogP contribution in [-0.4, -0.2) is 25.0 Å². The molecule has 8 heteroatoms. The normalized spacial score (nSPS) is 11.8. The fraction of sp³-hybridized carbons (Fsp3) is 1.00. The van der Waals surface area contributed by atoms with Gasteiger partial charge in [-0.15, -0.1) is 0 Å². The van der Waals surface area contributed by atoms with Crippen molar-refractivity contribution < 1.29 is 31.9 Å². The Kier molecular flexibility index (Phi) is 6.31. The lowest BCUT2D eigenvalue weighted by Crippen LogP contribution is -2.49. The summed E-state index contributed by atoms with van der Waals surface area (Å²) in [5, 5.41) is 0. The molecule has 0 aromatic rings. The van der Waals surface area contributed by atoms with Crippen molar-refractivity contribution in [3.8, 4) is 0 Å². The first-order chi connectivity index (χ1) is 5.16. The molecule has 0 aliphatic carbocycles. The van der Waals surface area contributed by atoms with Crippen molar-refractivity contribution in [1.29, 1.82) is 0 Å². The minimum atomic E-state index is -6.09. The average Bonchev–Trinajstić information content (AvgIpc) is 1.84. The summed E-state index contributed by atoms with van der Waals surface area (Å²) in [7, 11) is -6.09. The van der Waals surface area contributed by atoms with Gasteiger partial charge in [0.25, 0.3) is 0 Å². The average molecular weight is 209 g/mol. The largest absolute Gasteiger partial charge is 0.741 e. The predicted molar refractivity (Wildman–Crippen MR) is 33.8 cm³/mol. The van der Waals surface area contributed by atoms with E-state index in [2.05, 4.69) is 12.7 Å². The van der Waals surface area contributed by atoms with Crippen LogP contribution in [0.3, 0.4) is 0 Å². The van der Waals surface area contributed by atoms with Gasteiger partial charge in [-0.3, -0.25) is 0 Å². The number of halogens is 3. The highest BCUT2D eigenvalue weighted by Crippen LogP contribution is 2.20. The van der Waals surface area contributed by atoms with E-state index in [4.69, 9.17) is 13.0 Å². The van der Waals surface area contributed by atoms with E-state index >= 15 is 0 Å². The minimum absolute atomic E-state index is 1.07. The van der Waals surface area contributed by atoms with E-state index in [0.29, 0.717) is 0 Å². The van der Waals surface area contributed by atoms with E-state index < -0.39 is 15.6 Å². The fourth-order valence-corrected chi connectivity index (χ4v) is 0. The van der Waals surface area contributed by atoms with Crippen LogP contribution in [0.5, 0.6) is 0 Å². The SMILES string of the molecule is CCC[NH3+].O=S(=O)([O-])C(F)(F)F. The molecule has 0 heterocycles. The molecule has 0 fully saturated rings. The number of hydrogen-bond donors (Lipinski definition) is 1. The molecule has 0 radical (unpaired) electrons. The third kappa shape index (κ3) is 7.76. The standard InChI is InChI=1S/C3H9N.CHF3O3S/c1-2-3-4;2-1(3,4)8(5,6)7/h2-4H2,1H3;(H,5,6,7). The van der Waals surface area contributed by atoms with E-state index in [-0.39, 0.29) is 0 Å². The number of quaternary nitrogens is 1. The molecule has 0 aliphatic rings.